The molecule has 2 N–H and O–H groups in total. The van der Waals surface area contributed by atoms with Gasteiger partial charge in [0.15, 0.2) is 0 Å². The summed E-state index contributed by atoms with van der Waals surface area (Å²) in [6.45, 7) is 2.74. The van der Waals surface area contributed by atoms with Crippen LogP contribution in [0.5, 0.6) is 0 Å². The number of nitrogens with zero attached hydrogens (tertiary/aromatic N) is 1. The summed E-state index contributed by atoms with van der Waals surface area (Å²) in [6.07, 6.45) is -0.0311. The first-order valence-corrected chi connectivity index (χ1v) is 5.18. The number of rotatable bonds is 6. The second-order valence-corrected chi connectivity index (χ2v) is 3.73. The van der Waals surface area contributed by atoms with Crippen molar-refractivity contribution in [3.63, 3.8) is 0 Å². The standard InChI is InChI=1S/C11H16N2O4/c1-8(6-16-2)17-7-9-3-4-11(13(14)15)10(12)5-9/h3-5,8H,6-7,12H2,1-2H3. The number of benzene rings is 1. The third-order valence-corrected chi connectivity index (χ3v) is 2.22. The van der Waals surface area contributed by atoms with Gasteiger partial charge in [0.2, 0.25) is 0 Å². The Balaban J connectivity index is 2.62. The Bertz CT molecular complexity index is 395. The lowest BCUT2D eigenvalue weighted by molar-refractivity contribution is -0.383. The van der Waals surface area contributed by atoms with Crippen LogP contribution in [-0.2, 0) is 16.1 Å². The summed E-state index contributed by atoms with van der Waals surface area (Å²) in [5, 5.41) is 10.6. The smallest absolute Gasteiger partial charge is 0.292 e. The highest BCUT2D eigenvalue weighted by Crippen LogP contribution is 2.22. The molecular formula is C11H16N2O4. The molecule has 0 aliphatic carbocycles. The molecule has 6 heteroatoms. The van der Waals surface area contributed by atoms with Gasteiger partial charge in [0.05, 0.1) is 24.2 Å². The fraction of sp³-hybridized carbons (Fsp3) is 0.455. The summed E-state index contributed by atoms with van der Waals surface area (Å²) in [7, 11) is 1.60. The molecule has 17 heavy (non-hydrogen) atoms. The highest BCUT2D eigenvalue weighted by Gasteiger charge is 2.11. The first kappa shape index (κ1) is 13.4. The van der Waals surface area contributed by atoms with Gasteiger partial charge in [-0.2, -0.15) is 0 Å². The van der Waals surface area contributed by atoms with E-state index >= 15 is 0 Å². The van der Waals surface area contributed by atoms with Crippen molar-refractivity contribution in [1.29, 1.82) is 0 Å². The number of nitrogen functional groups attached to an aromatic ring is 1. The van der Waals surface area contributed by atoms with E-state index in [9.17, 15) is 10.1 Å². The molecule has 1 rings (SSSR count). The minimum absolute atomic E-state index is 0.0311. The Morgan fingerprint density at radius 1 is 1.53 bits per heavy atom. The highest BCUT2D eigenvalue weighted by atomic mass is 16.6. The number of hydrogen-bond donors (Lipinski definition) is 1. The van der Waals surface area contributed by atoms with E-state index in [1.807, 2.05) is 6.92 Å². The predicted octanol–water partition coefficient (Wildman–Crippen LogP) is 1.73. The average Bonchev–Trinajstić information content (AvgIpc) is 2.26. The molecule has 0 radical (unpaired) electrons. The molecule has 94 valence electrons. The third-order valence-electron chi connectivity index (χ3n) is 2.22. The van der Waals surface area contributed by atoms with Crippen LogP contribution >= 0.6 is 0 Å². The molecule has 1 atom stereocenters. The van der Waals surface area contributed by atoms with Gasteiger partial charge in [0.25, 0.3) is 5.69 Å². The van der Waals surface area contributed by atoms with Gasteiger partial charge >= 0.3 is 0 Å². The number of hydrogen-bond acceptors (Lipinski definition) is 5. The number of nitro groups is 1. The monoisotopic (exact) mass is 240 g/mol. The molecule has 0 fully saturated rings. The van der Waals surface area contributed by atoms with Gasteiger partial charge in [-0.05, 0) is 24.6 Å². The Morgan fingerprint density at radius 2 is 2.24 bits per heavy atom. The normalized spacial score (nSPS) is 12.4. The van der Waals surface area contributed by atoms with Gasteiger partial charge in [-0.15, -0.1) is 0 Å². The van der Waals surface area contributed by atoms with Crippen molar-refractivity contribution < 1.29 is 14.4 Å². The molecule has 0 aromatic heterocycles. The fourth-order valence-corrected chi connectivity index (χ4v) is 1.38. The Kier molecular flexibility index (Phi) is 4.86. The van der Waals surface area contributed by atoms with Crippen LogP contribution in [-0.4, -0.2) is 24.7 Å². The van der Waals surface area contributed by atoms with Crippen LogP contribution in [0.3, 0.4) is 0 Å². The van der Waals surface area contributed by atoms with Crippen LogP contribution < -0.4 is 5.73 Å². The largest absolute Gasteiger partial charge is 0.393 e. The van der Waals surface area contributed by atoms with Crippen LogP contribution in [0.15, 0.2) is 18.2 Å². The molecule has 0 amide bonds. The van der Waals surface area contributed by atoms with Gasteiger partial charge < -0.3 is 15.2 Å². The van der Waals surface area contributed by atoms with Crippen LogP contribution in [0.1, 0.15) is 12.5 Å². The summed E-state index contributed by atoms with van der Waals surface area (Å²) in [5.74, 6) is 0. The van der Waals surface area contributed by atoms with Gasteiger partial charge in [0, 0.05) is 13.2 Å². The van der Waals surface area contributed by atoms with E-state index in [1.54, 1.807) is 19.2 Å². The summed E-state index contributed by atoms with van der Waals surface area (Å²) in [5.41, 5.74) is 6.43. The average molecular weight is 240 g/mol. The SMILES string of the molecule is COCC(C)OCc1ccc([N+](=O)[O-])c(N)c1. The van der Waals surface area contributed by atoms with Crippen LogP contribution in [0.25, 0.3) is 0 Å². The molecule has 1 aromatic carbocycles. The molecule has 1 unspecified atom stereocenters. The second-order valence-electron chi connectivity index (χ2n) is 3.73. The van der Waals surface area contributed by atoms with Crippen molar-refractivity contribution in [2.24, 2.45) is 0 Å². The lowest BCUT2D eigenvalue weighted by atomic mass is 10.2. The molecule has 0 spiro atoms. The van der Waals surface area contributed by atoms with E-state index in [0.29, 0.717) is 13.2 Å². The minimum Gasteiger partial charge on any atom is -0.393 e. The molecule has 0 saturated heterocycles. The van der Waals surface area contributed by atoms with Gasteiger partial charge in [-0.1, -0.05) is 0 Å². The van der Waals surface area contributed by atoms with Crippen molar-refractivity contribution in [1.82, 2.24) is 0 Å². The topological polar surface area (TPSA) is 87.6 Å². The van der Waals surface area contributed by atoms with E-state index in [4.69, 9.17) is 15.2 Å². The van der Waals surface area contributed by atoms with Crippen molar-refractivity contribution in [3.05, 3.63) is 33.9 Å². The van der Waals surface area contributed by atoms with E-state index in [2.05, 4.69) is 0 Å². The Labute approximate surface area is 99.5 Å². The highest BCUT2D eigenvalue weighted by molar-refractivity contribution is 5.59. The molecule has 0 aliphatic heterocycles. The van der Waals surface area contributed by atoms with Crippen LogP contribution in [0.4, 0.5) is 11.4 Å². The second kappa shape index (κ2) is 6.17. The molecule has 0 saturated carbocycles. The summed E-state index contributed by atoms with van der Waals surface area (Å²) < 4.78 is 10.4. The van der Waals surface area contributed by atoms with Gasteiger partial charge in [-0.25, -0.2) is 0 Å². The molecule has 0 heterocycles. The summed E-state index contributed by atoms with van der Waals surface area (Å²) >= 11 is 0. The lowest BCUT2D eigenvalue weighted by Crippen LogP contribution is -2.14. The lowest BCUT2D eigenvalue weighted by Gasteiger charge is -2.12. The molecular weight excluding hydrogens is 224 g/mol. The van der Waals surface area contributed by atoms with Gasteiger partial charge in [0.1, 0.15) is 5.69 Å². The maximum absolute atomic E-state index is 10.6. The predicted molar refractivity (Wildman–Crippen MR) is 63.6 cm³/mol. The Hall–Kier alpha value is -1.66. The molecule has 0 bridgehead atoms. The van der Waals surface area contributed by atoms with Crippen molar-refractivity contribution >= 4 is 11.4 Å². The van der Waals surface area contributed by atoms with Crippen LogP contribution in [0.2, 0.25) is 0 Å². The van der Waals surface area contributed by atoms with E-state index < -0.39 is 4.92 Å². The van der Waals surface area contributed by atoms with Crippen molar-refractivity contribution in [3.8, 4) is 0 Å². The van der Waals surface area contributed by atoms with E-state index in [1.165, 1.54) is 6.07 Å². The van der Waals surface area contributed by atoms with E-state index in [-0.39, 0.29) is 17.5 Å². The quantitative estimate of drug-likeness (QED) is 0.464. The number of methoxy groups -OCH3 is 1. The molecule has 0 aliphatic rings. The molecule has 6 nitrogen and oxygen atoms in total. The van der Waals surface area contributed by atoms with Crippen molar-refractivity contribution in [2.75, 3.05) is 19.5 Å². The third kappa shape index (κ3) is 4.01. The number of nitrogens with two attached hydrogens (primary N) is 1. The van der Waals surface area contributed by atoms with Gasteiger partial charge in [-0.3, -0.25) is 10.1 Å². The minimum atomic E-state index is -0.506. The van der Waals surface area contributed by atoms with Crippen LogP contribution in [0, 0.1) is 10.1 Å². The zero-order chi connectivity index (χ0) is 12.8. The summed E-state index contributed by atoms with van der Waals surface area (Å²) in [4.78, 5) is 10.1. The van der Waals surface area contributed by atoms with E-state index in [0.717, 1.165) is 5.56 Å². The van der Waals surface area contributed by atoms with Crippen molar-refractivity contribution in [2.45, 2.75) is 19.6 Å². The first-order valence-electron chi connectivity index (χ1n) is 5.18. The Morgan fingerprint density at radius 3 is 2.76 bits per heavy atom. The zero-order valence-corrected chi connectivity index (χ0v) is 9.88. The fourth-order valence-electron chi connectivity index (χ4n) is 1.38. The maximum atomic E-state index is 10.6. The summed E-state index contributed by atoms with van der Waals surface area (Å²) in [6, 6.07) is 4.57. The molecule has 1 aromatic rings. The number of ether oxygens (including phenoxy) is 2. The number of anilines is 1. The number of nitro benzene ring substituents is 1. The first-order chi connectivity index (χ1) is 8.04. The maximum Gasteiger partial charge on any atom is 0.292 e. The zero-order valence-electron chi connectivity index (χ0n) is 9.88.